The topological polar surface area (TPSA) is 37.3 Å². The summed E-state index contributed by atoms with van der Waals surface area (Å²) in [5, 5.41) is 7.89. The van der Waals surface area contributed by atoms with Crippen LogP contribution in [0.15, 0.2) is 12.2 Å². The van der Waals surface area contributed by atoms with Gasteiger partial charge in [0.25, 0.3) is 0 Å². The predicted molar refractivity (Wildman–Crippen MR) is 98.4 cm³/mol. The van der Waals surface area contributed by atoms with Gasteiger partial charge in [0.05, 0.1) is 0 Å². The van der Waals surface area contributed by atoms with Crippen molar-refractivity contribution in [2.75, 3.05) is 0 Å². The van der Waals surface area contributed by atoms with E-state index in [0.29, 0.717) is 0 Å². The number of rotatable bonds is 14. The lowest BCUT2D eigenvalue weighted by Crippen LogP contribution is -1.92. The molecule has 2 heteroatoms. The molecule has 0 rings (SSSR count). The van der Waals surface area contributed by atoms with Gasteiger partial charge in [-0.2, -0.15) is 0 Å². The molecule has 0 aromatic heterocycles. The van der Waals surface area contributed by atoms with Gasteiger partial charge in [-0.25, -0.2) is 4.79 Å². The van der Waals surface area contributed by atoms with E-state index in [1.807, 2.05) is 0 Å². The van der Waals surface area contributed by atoms with Crippen LogP contribution in [0, 0.1) is 0 Å². The second kappa shape index (κ2) is 20.2. The van der Waals surface area contributed by atoms with E-state index >= 15 is 0 Å². The Morgan fingerprint density at radius 1 is 0.682 bits per heavy atom. The van der Waals surface area contributed by atoms with E-state index in [4.69, 9.17) is 5.11 Å². The Labute approximate surface area is 139 Å². The third kappa shape index (κ3) is 24.2. The second-order valence-electron chi connectivity index (χ2n) is 6.33. The van der Waals surface area contributed by atoms with Gasteiger partial charge >= 0.3 is 5.97 Å². The highest BCUT2D eigenvalue weighted by Crippen LogP contribution is 2.12. The molecule has 0 aromatic rings. The summed E-state index contributed by atoms with van der Waals surface area (Å²) in [6, 6.07) is 0. The van der Waals surface area contributed by atoms with Crippen LogP contribution in [0.3, 0.4) is 0 Å². The molecule has 132 valence electrons. The molecule has 0 unspecified atom stereocenters. The van der Waals surface area contributed by atoms with Gasteiger partial charge in [-0.15, -0.1) is 0 Å². The molecular weight excluding hydrogens is 272 g/mol. The number of carbonyl (C=O) groups is 1. The minimum absolute atomic E-state index is 0.176. The Morgan fingerprint density at radius 2 is 0.864 bits per heavy atom. The maximum absolute atomic E-state index is 9.60. The van der Waals surface area contributed by atoms with Crippen LogP contribution in [-0.4, -0.2) is 11.1 Å². The lowest BCUT2D eigenvalue weighted by Gasteiger charge is -2.02. The minimum atomic E-state index is -0.935. The van der Waals surface area contributed by atoms with Gasteiger partial charge in [0.2, 0.25) is 0 Å². The van der Waals surface area contributed by atoms with E-state index in [1.54, 1.807) is 0 Å². The van der Waals surface area contributed by atoms with Crippen molar-refractivity contribution in [1.29, 1.82) is 0 Å². The normalized spacial score (nSPS) is 9.95. The van der Waals surface area contributed by atoms with Crippen molar-refractivity contribution < 1.29 is 9.90 Å². The van der Waals surface area contributed by atoms with E-state index in [2.05, 4.69) is 20.4 Å². The van der Waals surface area contributed by atoms with Crippen molar-refractivity contribution in [3.8, 4) is 0 Å². The quantitative estimate of drug-likeness (QED) is 0.273. The molecule has 0 atom stereocenters. The lowest BCUT2D eigenvalue weighted by molar-refractivity contribution is -0.132. The molecular formula is C20H40O2. The first-order valence-corrected chi connectivity index (χ1v) is 9.45. The van der Waals surface area contributed by atoms with Crippen LogP contribution in [0.5, 0.6) is 0 Å². The highest BCUT2D eigenvalue weighted by atomic mass is 16.4. The van der Waals surface area contributed by atoms with Crippen molar-refractivity contribution in [2.24, 2.45) is 0 Å². The van der Waals surface area contributed by atoms with Crippen molar-refractivity contribution in [3.63, 3.8) is 0 Å². The maximum atomic E-state index is 9.60. The lowest BCUT2D eigenvalue weighted by atomic mass is 10.0. The van der Waals surface area contributed by atoms with Crippen molar-refractivity contribution in [3.05, 3.63) is 12.2 Å². The molecule has 22 heavy (non-hydrogen) atoms. The van der Waals surface area contributed by atoms with Crippen LogP contribution in [0.2, 0.25) is 0 Å². The van der Waals surface area contributed by atoms with Crippen molar-refractivity contribution in [1.82, 2.24) is 0 Å². The van der Waals surface area contributed by atoms with E-state index in [1.165, 1.54) is 96.8 Å². The van der Waals surface area contributed by atoms with Gasteiger partial charge in [-0.1, -0.05) is 110 Å². The summed E-state index contributed by atoms with van der Waals surface area (Å²) in [6.45, 7) is 9.18. The summed E-state index contributed by atoms with van der Waals surface area (Å²) in [5.74, 6) is -0.935. The SMILES string of the molecule is C=C(C)C(=O)O.CCCCCCCCCCCCCCCC. The Kier molecular flexibility index (Phi) is 21.6. The summed E-state index contributed by atoms with van der Waals surface area (Å²) in [5.41, 5.74) is 0.176. The summed E-state index contributed by atoms with van der Waals surface area (Å²) < 4.78 is 0. The fourth-order valence-corrected chi connectivity index (χ4v) is 2.27. The molecule has 0 heterocycles. The predicted octanol–water partition coefficient (Wildman–Crippen LogP) is 7.13. The van der Waals surface area contributed by atoms with Gasteiger partial charge in [-0.3, -0.25) is 0 Å². The standard InChI is InChI=1S/C16H34.C4H6O2/c1-3-5-7-9-11-13-15-16-14-12-10-8-6-4-2;1-3(2)4(5)6/h3-16H2,1-2H3;1H2,2H3,(H,5,6). The fourth-order valence-electron chi connectivity index (χ4n) is 2.27. The van der Waals surface area contributed by atoms with E-state index in [0.717, 1.165) is 0 Å². The molecule has 0 aliphatic heterocycles. The fraction of sp³-hybridized carbons (Fsp3) is 0.850. The molecule has 0 spiro atoms. The molecule has 1 N–H and O–H groups in total. The Balaban J connectivity index is 0. The van der Waals surface area contributed by atoms with Gasteiger partial charge < -0.3 is 5.11 Å². The molecule has 0 aromatic carbocycles. The first kappa shape index (κ1) is 23.5. The number of hydrogen-bond acceptors (Lipinski definition) is 1. The van der Waals surface area contributed by atoms with Crippen LogP contribution >= 0.6 is 0 Å². The summed E-state index contributed by atoms with van der Waals surface area (Å²) in [6.07, 6.45) is 20.4. The average Bonchev–Trinajstić information content (AvgIpc) is 2.49. The third-order valence-electron chi connectivity index (χ3n) is 3.82. The van der Waals surface area contributed by atoms with E-state index in [-0.39, 0.29) is 5.57 Å². The number of carboxylic acids is 1. The van der Waals surface area contributed by atoms with Gasteiger partial charge in [-0.05, 0) is 6.92 Å². The van der Waals surface area contributed by atoms with Crippen LogP contribution in [0.4, 0.5) is 0 Å². The van der Waals surface area contributed by atoms with Gasteiger partial charge in [0, 0.05) is 5.57 Å². The molecule has 0 fully saturated rings. The van der Waals surface area contributed by atoms with E-state index in [9.17, 15) is 4.79 Å². The molecule has 0 saturated carbocycles. The minimum Gasteiger partial charge on any atom is -0.478 e. The van der Waals surface area contributed by atoms with Crippen LogP contribution in [0.25, 0.3) is 0 Å². The van der Waals surface area contributed by atoms with Crippen LogP contribution in [0.1, 0.15) is 111 Å². The zero-order valence-electron chi connectivity index (χ0n) is 15.5. The smallest absolute Gasteiger partial charge is 0.330 e. The van der Waals surface area contributed by atoms with Crippen molar-refractivity contribution in [2.45, 2.75) is 111 Å². The first-order valence-electron chi connectivity index (χ1n) is 9.45. The molecule has 2 nitrogen and oxygen atoms in total. The zero-order valence-corrected chi connectivity index (χ0v) is 15.5. The molecule has 0 amide bonds. The number of aliphatic carboxylic acids is 1. The molecule has 0 bridgehead atoms. The number of carboxylic acid groups (broad SMARTS) is 1. The van der Waals surface area contributed by atoms with Crippen LogP contribution in [-0.2, 0) is 4.79 Å². The van der Waals surface area contributed by atoms with Crippen LogP contribution < -0.4 is 0 Å². The van der Waals surface area contributed by atoms with Gasteiger partial charge in [0.1, 0.15) is 0 Å². The van der Waals surface area contributed by atoms with E-state index < -0.39 is 5.97 Å². The summed E-state index contributed by atoms with van der Waals surface area (Å²) >= 11 is 0. The van der Waals surface area contributed by atoms with Crippen molar-refractivity contribution >= 4 is 5.97 Å². The summed E-state index contributed by atoms with van der Waals surface area (Å²) in [4.78, 5) is 9.60. The Hall–Kier alpha value is -0.790. The third-order valence-corrected chi connectivity index (χ3v) is 3.82. The second-order valence-corrected chi connectivity index (χ2v) is 6.33. The maximum Gasteiger partial charge on any atom is 0.330 e. The molecule has 0 aliphatic rings. The number of hydrogen-bond donors (Lipinski definition) is 1. The highest BCUT2D eigenvalue weighted by Gasteiger charge is 1.93. The average molecular weight is 313 g/mol. The first-order chi connectivity index (χ1) is 10.6. The summed E-state index contributed by atoms with van der Waals surface area (Å²) in [7, 11) is 0. The monoisotopic (exact) mass is 312 g/mol. The molecule has 0 radical (unpaired) electrons. The highest BCUT2D eigenvalue weighted by molar-refractivity contribution is 5.84. The molecule has 0 saturated heterocycles. The Morgan fingerprint density at radius 3 is 1.00 bits per heavy atom. The number of unbranched alkanes of at least 4 members (excludes halogenated alkanes) is 13. The zero-order chi connectivity index (χ0) is 17.1. The largest absolute Gasteiger partial charge is 0.478 e. The molecule has 0 aliphatic carbocycles. The van der Waals surface area contributed by atoms with Gasteiger partial charge in [0.15, 0.2) is 0 Å². The Bertz CT molecular complexity index is 220.